The number of nitrogens with zero attached hydrogens (tertiary/aromatic N) is 3. The third-order valence-electron chi connectivity index (χ3n) is 4.21. The maximum absolute atomic E-state index is 12.3. The molecule has 0 radical (unpaired) electrons. The van der Waals surface area contributed by atoms with E-state index in [0.717, 1.165) is 11.1 Å². The van der Waals surface area contributed by atoms with Crippen LogP contribution in [0.4, 0.5) is 0 Å². The van der Waals surface area contributed by atoms with E-state index in [4.69, 9.17) is 4.52 Å². The Morgan fingerprint density at radius 3 is 3.04 bits per heavy atom. The highest BCUT2D eigenvalue weighted by molar-refractivity contribution is 7.09. The van der Waals surface area contributed by atoms with Crippen molar-refractivity contribution in [1.82, 2.24) is 15.0 Å². The van der Waals surface area contributed by atoms with Crippen LogP contribution < -0.4 is 0 Å². The number of thiophene rings is 1. The maximum Gasteiger partial charge on any atom is 0.257 e. The van der Waals surface area contributed by atoms with Crippen molar-refractivity contribution >= 4 is 17.2 Å². The minimum atomic E-state index is -0.000212. The average Bonchev–Trinajstić information content (AvgIpc) is 3.30. The van der Waals surface area contributed by atoms with E-state index in [9.17, 15) is 4.79 Å². The molecule has 1 amide bonds. The van der Waals surface area contributed by atoms with E-state index in [0.29, 0.717) is 31.2 Å². The molecule has 3 heterocycles. The molecule has 0 bridgehead atoms. The summed E-state index contributed by atoms with van der Waals surface area (Å²) in [7, 11) is 0. The van der Waals surface area contributed by atoms with Crippen molar-refractivity contribution < 1.29 is 9.32 Å². The first-order valence-corrected chi connectivity index (χ1v) is 8.78. The van der Waals surface area contributed by atoms with Crippen LogP contribution in [0.25, 0.3) is 11.5 Å². The Bertz CT molecular complexity index is 857. The minimum absolute atomic E-state index is 0.000212. The van der Waals surface area contributed by atoms with Crippen LogP contribution in [0.15, 0.2) is 46.3 Å². The number of rotatable bonds is 4. The van der Waals surface area contributed by atoms with Crippen molar-refractivity contribution in [3.63, 3.8) is 0 Å². The summed E-state index contributed by atoms with van der Waals surface area (Å²) in [6.45, 7) is 3.33. The van der Waals surface area contributed by atoms with Crippen LogP contribution in [0, 0.1) is 6.92 Å². The van der Waals surface area contributed by atoms with Crippen LogP contribution in [0.5, 0.6) is 0 Å². The molecule has 122 valence electrons. The standard InChI is InChI=1S/C18H17N3O2S/c1-12-4-2-5-13(8-12)18-19-17(20-23-18)14-9-16(22)21(10-14)11-15-6-3-7-24-15/h2-8,14H,9-11H2,1H3/t14-/m1/s1. The zero-order valence-electron chi connectivity index (χ0n) is 13.3. The lowest BCUT2D eigenvalue weighted by Crippen LogP contribution is -2.23. The molecule has 1 aromatic carbocycles. The normalized spacial score (nSPS) is 17.6. The molecule has 1 saturated heterocycles. The largest absolute Gasteiger partial charge is 0.337 e. The number of likely N-dealkylation sites (tertiary alicyclic amines) is 1. The van der Waals surface area contributed by atoms with E-state index in [-0.39, 0.29) is 11.8 Å². The van der Waals surface area contributed by atoms with Gasteiger partial charge in [-0.1, -0.05) is 28.9 Å². The minimum Gasteiger partial charge on any atom is -0.337 e. The molecule has 1 aliphatic heterocycles. The predicted molar refractivity (Wildman–Crippen MR) is 91.6 cm³/mol. The Morgan fingerprint density at radius 1 is 1.33 bits per heavy atom. The van der Waals surface area contributed by atoms with Gasteiger partial charge in [0.2, 0.25) is 5.91 Å². The second kappa shape index (κ2) is 6.20. The van der Waals surface area contributed by atoms with Gasteiger partial charge >= 0.3 is 0 Å². The van der Waals surface area contributed by atoms with Crippen LogP contribution in [-0.2, 0) is 11.3 Å². The molecule has 6 heteroatoms. The van der Waals surface area contributed by atoms with Crippen molar-refractivity contribution in [2.75, 3.05) is 6.54 Å². The van der Waals surface area contributed by atoms with Gasteiger partial charge in [0.15, 0.2) is 5.82 Å². The van der Waals surface area contributed by atoms with E-state index >= 15 is 0 Å². The van der Waals surface area contributed by atoms with Gasteiger partial charge in [0.25, 0.3) is 5.89 Å². The molecule has 5 nitrogen and oxygen atoms in total. The molecule has 2 aromatic heterocycles. The van der Waals surface area contributed by atoms with Gasteiger partial charge in [-0.2, -0.15) is 4.98 Å². The number of benzene rings is 1. The van der Waals surface area contributed by atoms with Gasteiger partial charge in [0.1, 0.15) is 0 Å². The van der Waals surface area contributed by atoms with Crippen molar-refractivity contribution in [2.45, 2.75) is 25.8 Å². The third-order valence-corrected chi connectivity index (χ3v) is 5.07. The molecular formula is C18H17N3O2S. The summed E-state index contributed by atoms with van der Waals surface area (Å²) < 4.78 is 5.41. The SMILES string of the molecule is Cc1cccc(-c2nc([C@@H]3CC(=O)N(Cc4cccs4)C3)no2)c1. The second-order valence-corrected chi connectivity index (χ2v) is 7.11. The Kier molecular flexibility index (Phi) is 3.90. The molecule has 1 aliphatic rings. The number of amides is 1. The number of hydrogen-bond donors (Lipinski definition) is 0. The summed E-state index contributed by atoms with van der Waals surface area (Å²) in [5.74, 6) is 1.28. The summed E-state index contributed by atoms with van der Waals surface area (Å²) in [5, 5.41) is 6.14. The lowest BCUT2D eigenvalue weighted by molar-refractivity contribution is -0.128. The summed E-state index contributed by atoms with van der Waals surface area (Å²) in [6, 6.07) is 12.0. The highest BCUT2D eigenvalue weighted by Gasteiger charge is 2.33. The number of aromatic nitrogens is 2. The van der Waals surface area contributed by atoms with Crippen molar-refractivity contribution in [1.29, 1.82) is 0 Å². The molecule has 1 atom stereocenters. The highest BCUT2D eigenvalue weighted by Crippen LogP contribution is 2.29. The van der Waals surface area contributed by atoms with Gasteiger partial charge in [-0.05, 0) is 30.5 Å². The van der Waals surface area contributed by atoms with E-state index in [1.807, 2.05) is 47.5 Å². The van der Waals surface area contributed by atoms with E-state index in [1.165, 1.54) is 4.88 Å². The Morgan fingerprint density at radius 2 is 2.25 bits per heavy atom. The zero-order valence-corrected chi connectivity index (χ0v) is 14.1. The van der Waals surface area contributed by atoms with Crippen molar-refractivity contribution in [2.24, 2.45) is 0 Å². The number of carbonyl (C=O) groups excluding carboxylic acids is 1. The van der Waals surface area contributed by atoms with E-state index in [2.05, 4.69) is 16.2 Å². The zero-order chi connectivity index (χ0) is 16.5. The average molecular weight is 339 g/mol. The molecule has 0 unspecified atom stereocenters. The van der Waals surface area contributed by atoms with Crippen LogP contribution in [-0.4, -0.2) is 27.5 Å². The van der Waals surface area contributed by atoms with Crippen LogP contribution in [0.3, 0.4) is 0 Å². The molecule has 24 heavy (non-hydrogen) atoms. The smallest absolute Gasteiger partial charge is 0.257 e. The Hall–Kier alpha value is -2.47. The first-order valence-electron chi connectivity index (χ1n) is 7.90. The molecule has 1 fully saturated rings. The molecule has 4 rings (SSSR count). The molecular weight excluding hydrogens is 322 g/mol. The predicted octanol–water partition coefficient (Wildman–Crippen LogP) is 3.62. The summed E-state index contributed by atoms with van der Waals surface area (Å²) in [5.41, 5.74) is 2.05. The lowest BCUT2D eigenvalue weighted by Gasteiger charge is -2.14. The Labute approximate surface area is 143 Å². The number of hydrogen-bond acceptors (Lipinski definition) is 5. The van der Waals surface area contributed by atoms with E-state index in [1.54, 1.807) is 11.3 Å². The number of carbonyl (C=O) groups is 1. The van der Waals surface area contributed by atoms with Gasteiger partial charge in [-0.25, -0.2) is 0 Å². The third kappa shape index (κ3) is 2.97. The molecule has 3 aromatic rings. The fourth-order valence-electron chi connectivity index (χ4n) is 2.98. The lowest BCUT2D eigenvalue weighted by atomic mass is 10.1. The molecule has 0 saturated carbocycles. The Balaban J connectivity index is 1.50. The van der Waals surface area contributed by atoms with Crippen molar-refractivity contribution in [3.8, 4) is 11.5 Å². The van der Waals surface area contributed by atoms with E-state index < -0.39 is 0 Å². The monoisotopic (exact) mass is 339 g/mol. The van der Waals surface area contributed by atoms with Crippen molar-refractivity contribution in [3.05, 3.63) is 58.0 Å². The van der Waals surface area contributed by atoms with Gasteiger partial charge in [-0.15, -0.1) is 11.3 Å². The maximum atomic E-state index is 12.3. The van der Waals surface area contributed by atoms with Gasteiger partial charge in [0.05, 0.1) is 6.54 Å². The van der Waals surface area contributed by atoms with Crippen LogP contribution in [0.1, 0.15) is 28.6 Å². The topological polar surface area (TPSA) is 59.2 Å². The molecule has 0 N–H and O–H groups in total. The molecule has 0 aliphatic carbocycles. The summed E-state index contributed by atoms with van der Waals surface area (Å²) >= 11 is 1.67. The van der Waals surface area contributed by atoms with Gasteiger partial charge < -0.3 is 9.42 Å². The second-order valence-electron chi connectivity index (χ2n) is 6.08. The summed E-state index contributed by atoms with van der Waals surface area (Å²) in [6.07, 6.45) is 0.443. The van der Waals surface area contributed by atoms with Crippen LogP contribution in [0.2, 0.25) is 0 Å². The highest BCUT2D eigenvalue weighted by atomic mass is 32.1. The first kappa shape index (κ1) is 15.1. The fourth-order valence-corrected chi connectivity index (χ4v) is 3.70. The molecule has 0 spiro atoms. The number of aryl methyl sites for hydroxylation is 1. The fraction of sp³-hybridized carbons (Fsp3) is 0.278. The quantitative estimate of drug-likeness (QED) is 0.728. The van der Waals surface area contributed by atoms with Crippen LogP contribution >= 0.6 is 11.3 Å². The van der Waals surface area contributed by atoms with Gasteiger partial charge in [0, 0.05) is 29.3 Å². The first-order chi connectivity index (χ1) is 11.7. The summed E-state index contributed by atoms with van der Waals surface area (Å²) in [4.78, 5) is 19.8. The van der Waals surface area contributed by atoms with Gasteiger partial charge in [-0.3, -0.25) is 4.79 Å².